The van der Waals surface area contributed by atoms with E-state index in [4.69, 9.17) is 0 Å². The molecule has 0 saturated carbocycles. The molecular formula is C22H32N4. The summed E-state index contributed by atoms with van der Waals surface area (Å²) >= 11 is 0. The lowest BCUT2D eigenvalue weighted by atomic mass is 9.79. The van der Waals surface area contributed by atoms with Crippen LogP contribution in [0, 0.1) is 5.41 Å². The standard InChI is InChI=1S/C22H32N4/c1-24-16-12-23-21(24)17-26-15-11-22(19-26)10-6-14-25(18-22)13-5-9-20-7-3-2-4-8-20/h2-4,7-8,12,16H,5-6,9-11,13-15,17-19H2,1H3. The van der Waals surface area contributed by atoms with E-state index in [0.717, 1.165) is 6.54 Å². The lowest BCUT2D eigenvalue weighted by Gasteiger charge is -2.40. The highest BCUT2D eigenvalue weighted by Crippen LogP contribution is 2.39. The van der Waals surface area contributed by atoms with Crippen molar-refractivity contribution in [3.8, 4) is 0 Å². The summed E-state index contributed by atoms with van der Waals surface area (Å²) in [6, 6.07) is 10.9. The Morgan fingerprint density at radius 1 is 1.04 bits per heavy atom. The smallest absolute Gasteiger partial charge is 0.122 e. The average molecular weight is 353 g/mol. The Bertz CT molecular complexity index is 695. The number of aryl methyl sites for hydroxylation is 2. The van der Waals surface area contributed by atoms with Crippen LogP contribution in [-0.2, 0) is 20.0 Å². The molecule has 4 nitrogen and oxygen atoms in total. The van der Waals surface area contributed by atoms with E-state index < -0.39 is 0 Å². The Morgan fingerprint density at radius 2 is 1.88 bits per heavy atom. The van der Waals surface area contributed by atoms with Crippen LogP contribution in [0.25, 0.3) is 0 Å². The van der Waals surface area contributed by atoms with Crippen molar-refractivity contribution in [1.82, 2.24) is 19.4 Å². The van der Waals surface area contributed by atoms with Gasteiger partial charge in [0.15, 0.2) is 0 Å². The molecule has 0 bridgehead atoms. The third-order valence-corrected chi connectivity index (χ3v) is 6.33. The number of aromatic nitrogens is 2. The normalized spacial score (nSPS) is 24.5. The molecular weight excluding hydrogens is 320 g/mol. The van der Waals surface area contributed by atoms with Gasteiger partial charge in [-0.05, 0) is 62.7 Å². The Morgan fingerprint density at radius 3 is 2.69 bits per heavy atom. The van der Waals surface area contributed by atoms with Crippen molar-refractivity contribution >= 4 is 0 Å². The molecule has 0 amide bonds. The number of hydrogen-bond donors (Lipinski definition) is 0. The van der Waals surface area contributed by atoms with Gasteiger partial charge in [0.25, 0.3) is 0 Å². The van der Waals surface area contributed by atoms with Crippen LogP contribution in [0.15, 0.2) is 42.7 Å². The molecule has 1 spiro atoms. The molecule has 1 unspecified atom stereocenters. The Balaban J connectivity index is 1.27. The number of benzene rings is 1. The van der Waals surface area contributed by atoms with Gasteiger partial charge in [-0.3, -0.25) is 4.90 Å². The van der Waals surface area contributed by atoms with E-state index in [9.17, 15) is 0 Å². The van der Waals surface area contributed by atoms with Crippen LogP contribution < -0.4 is 0 Å². The fourth-order valence-electron chi connectivity index (χ4n) is 4.90. The van der Waals surface area contributed by atoms with Gasteiger partial charge in [-0.1, -0.05) is 30.3 Å². The minimum absolute atomic E-state index is 0.524. The molecule has 1 aromatic carbocycles. The molecule has 140 valence electrons. The second kappa shape index (κ2) is 7.93. The molecule has 0 radical (unpaired) electrons. The van der Waals surface area contributed by atoms with Gasteiger partial charge in [0.2, 0.25) is 0 Å². The van der Waals surface area contributed by atoms with E-state index >= 15 is 0 Å². The van der Waals surface area contributed by atoms with Crippen molar-refractivity contribution in [2.45, 2.75) is 38.6 Å². The molecule has 4 rings (SSSR count). The van der Waals surface area contributed by atoms with Crippen molar-refractivity contribution in [3.63, 3.8) is 0 Å². The van der Waals surface area contributed by atoms with E-state index in [1.54, 1.807) is 0 Å². The van der Waals surface area contributed by atoms with E-state index in [1.807, 2.05) is 6.20 Å². The van der Waals surface area contributed by atoms with Gasteiger partial charge in [0.1, 0.15) is 5.82 Å². The summed E-state index contributed by atoms with van der Waals surface area (Å²) in [4.78, 5) is 9.86. The van der Waals surface area contributed by atoms with Crippen LogP contribution >= 0.6 is 0 Å². The number of piperidine rings is 1. The monoisotopic (exact) mass is 352 g/mol. The zero-order valence-corrected chi connectivity index (χ0v) is 16.1. The number of nitrogens with zero attached hydrogens (tertiary/aromatic N) is 4. The van der Waals surface area contributed by atoms with Crippen LogP contribution in [0.4, 0.5) is 0 Å². The van der Waals surface area contributed by atoms with Crippen LogP contribution in [0.5, 0.6) is 0 Å². The largest absolute Gasteiger partial charge is 0.337 e. The lowest BCUT2D eigenvalue weighted by Crippen LogP contribution is -2.45. The van der Waals surface area contributed by atoms with Crippen LogP contribution in [0.1, 0.15) is 37.1 Å². The molecule has 3 heterocycles. The van der Waals surface area contributed by atoms with Crippen LogP contribution in [0.3, 0.4) is 0 Å². The summed E-state index contributed by atoms with van der Waals surface area (Å²) in [5.74, 6) is 1.19. The maximum Gasteiger partial charge on any atom is 0.122 e. The minimum Gasteiger partial charge on any atom is -0.337 e. The second-order valence-corrected chi connectivity index (χ2v) is 8.38. The van der Waals surface area contributed by atoms with Gasteiger partial charge in [0.05, 0.1) is 6.54 Å². The van der Waals surface area contributed by atoms with Gasteiger partial charge in [-0.25, -0.2) is 4.98 Å². The van der Waals surface area contributed by atoms with Gasteiger partial charge in [0, 0.05) is 32.5 Å². The minimum atomic E-state index is 0.524. The van der Waals surface area contributed by atoms with Gasteiger partial charge < -0.3 is 9.47 Å². The lowest BCUT2D eigenvalue weighted by molar-refractivity contribution is 0.0907. The summed E-state index contributed by atoms with van der Waals surface area (Å²) in [7, 11) is 2.10. The highest BCUT2D eigenvalue weighted by molar-refractivity contribution is 5.14. The van der Waals surface area contributed by atoms with Gasteiger partial charge in [-0.15, -0.1) is 0 Å². The maximum atomic E-state index is 4.51. The topological polar surface area (TPSA) is 24.3 Å². The zero-order valence-electron chi connectivity index (χ0n) is 16.1. The van der Waals surface area contributed by atoms with E-state index in [-0.39, 0.29) is 0 Å². The van der Waals surface area contributed by atoms with Gasteiger partial charge >= 0.3 is 0 Å². The fourth-order valence-corrected chi connectivity index (χ4v) is 4.90. The predicted octanol–water partition coefficient (Wildman–Crippen LogP) is 3.34. The predicted molar refractivity (Wildman–Crippen MR) is 106 cm³/mol. The van der Waals surface area contributed by atoms with E-state index in [1.165, 1.54) is 76.2 Å². The average Bonchev–Trinajstić information content (AvgIpc) is 3.23. The van der Waals surface area contributed by atoms with E-state index in [0.29, 0.717) is 5.41 Å². The Labute approximate surface area is 157 Å². The SMILES string of the molecule is Cn1ccnc1CN1CCC2(CCCN(CCCc3ccccc3)C2)C1. The van der Waals surface area contributed by atoms with Crippen LogP contribution in [0.2, 0.25) is 0 Å². The first-order chi connectivity index (χ1) is 12.7. The molecule has 4 heteroatoms. The molecule has 0 N–H and O–H groups in total. The van der Waals surface area contributed by atoms with Crippen molar-refractivity contribution in [1.29, 1.82) is 0 Å². The zero-order chi connectivity index (χ0) is 17.8. The molecule has 2 aliphatic rings. The molecule has 2 aromatic rings. The van der Waals surface area contributed by atoms with E-state index in [2.05, 4.69) is 62.9 Å². The van der Waals surface area contributed by atoms with Gasteiger partial charge in [-0.2, -0.15) is 0 Å². The Kier molecular flexibility index (Phi) is 5.41. The van der Waals surface area contributed by atoms with Crippen LogP contribution in [-0.4, -0.2) is 52.1 Å². The quantitative estimate of drug-likeness (QED) is 0.797. The first kappa shape index (κ1) is 17.7. The summed E-state index contributed by atoms with van der Waals surface area (Å²) in [5.41, 5.74) is 2.00. The number of rotatable bonds is 6. The molecule has 2 saturated heterocycles. The summed E-state index contributed by atoms with van der Waals surface area (Å²) in [6.07, 6.45) is 10.6. The Hall–Kier alpha value is -1.65. The number of hydrogen-bond acceptors (Lipinski definition) is 3. The first-order valence-electron chi connectivity index (χ1n) is 10.2. The summed E-state index contributed by atoms with van der Waals surface area (Å²) < 4.78 is 2.15. The second-order valence-electron chi connectivity index (χ2n) is 8.38. The fraction of sp³-hybridized carbons (Fsp3) is 0.591. The maximum absolute atomic E-state index is 4.51. The molecule has 1 aromatic heterocycles. The van der Waals surface area contributed by atoms with Crippen molar-refractivity contribution < 1.29 is 0 Å². The third-order valence-electron chi connectivity index (χ3n) is 6.33. The van der Waals surface area contributed by atoms with Crippen molar-refractivity contribution in [2.75, 3.05) is 32.7 Å². The first-order valence-corrected chi connectivity index (χ1v) is 10.2. The number of likely N-dealkylation sites (tertiary alicyclic amines) is 2. The molecule has 1 atom stereocenters. The van der Waals surface area contributed by atoms with Crippen molar-refractivity contribution in [3.05, 3.63) is 54.1 Å². The molecule has 2 fully saturated rings. The molecule has 2 aliphatic heterocycles. The molecule has 0 aliphatic carbocycles. The molecule has 26 heavy (non-hydrogen) atoms. The highest BCUT2D eigenvalue weighted by Gasteiger charge is 2.41. The van der Waals surface area contributed by atoms with Crippen molar-refractivity contribution in [2.24, 2.45) is 12.5 Å². The summed E-state index contributed by atoms with van der Waals surface area (Å²) in [5, 5.41) is 0. The summed E-state index contributed by atoms with van der Waals surface area (Å²) in [6.45, 7) is 7.30. The number of imidazole rings is 1. The highest BCUT2D eigenvalue weighted by atomic mass is 15.2. The third kappa shape index (κ3) is 4.18.